The lowest BCUT2D eigenvalue weighted by Gasteiger charge is -2.51. The zero-order valence-electron chi connectivity index (χ0n) is 19.5. The molecule has 1 amide bonds. The first-order chi connectivity index (χ1) is 17.0. The van der Waals surface area contributed by atoms with Crippen LogP contribution in [0.1, 0.15) is 47.2 Å². The largest absolute Gasteiger partial charge is 0.483 e. The lowest BCUT2D eigenvalue weighted by Crippen LogP contribution is -2.67. The third-order valence-corrected chi connectivity index (χ3v) is 6.62. The molecule has 184 valence electrons. The molecular formula is C27H29FN2O5. The lowest BCUT2D eigenvalue weighted by atomic mass is 9.83. The Hall–Kier alpha value is -3.07. The fourth-order valence-electron chi connectivity index (χ4n) is 4.79. The van der Waals surface area contributed by atoms with Crippen LogP contribution in [0.5, 0.6) is 5.75 Å². The van der Waals surface area contributed by atoms with E-state index in [9.17, 15) is 14.0 Å². The number of nitrogens with zero attached hydrogens (tertiary/aromatic N) is 1. The summed E-state index contributed by atoms with van der Waals surface area (Å²) in [6.07, 6.45) is 6.52. The predicted molar refractivity (Wildman–Crippen MR) is 127 cm³/mol. The molecule has 35 heavy (non-hydrogen) atoms. The highest BCUT2D eigenvalue weighted by molar-refractivity contribution is 6.01. The lowest BCUT2D eigenvalue weighted by molar-refractivity contribution is -0.198. The van der Waals surface area contributed by atoms with E-state index in [1.807, 2.05) is 6.07 Å². The normalized spacial score (nSPS) is 21.4. The molecule has 2 fully saturated rings. The van der Waals surface area contributed by atoms with Crippen LogP contribution in [0.3, 0.4) is 0 Å². The third kappa shape index (κ3) is 5.78. The number of hydroxylamine groups is 1. The Balaban J connectivity index is 1.12. The van der Waals surface area contributed by atoms with Gasteiger partial charge in [0.2, 0.25) is 0 Å². The average molecular weight is 481 g/mol. The number of ether oxygens (including phenoxy) is 2. The van der Waals surface area contributed by atoms with Crippen molar-refractivity contribution in [3.63, 3.8) is 0 Å². The van der Waals surface area contributed by atoms with Gasteiger partial charge in [0, 0.05) is 38.7 Å². The minimum Gasteiger partial charge on any atom is -0.483 e. The zero-order valence-corrected chi connectivity index (χ0v) is 19.5. The molecule has 0 saturated carbocycles. The van der Waals surface area contributed by atoms with Crippen LogP contribution < -0.4 is 10.2 Å². The van der Waals surface area contributed by atoms with Gasteiger partial charge in [-0.05, 0) is 60.7 Å². The van der Waals surface area contributed by atoms with Crippen LogP contribution in [0.25, 0.3) is 6.08 Å². The van der Waals surface area contributed by atoms with Gasteiger partial charge in [-0.25, -0.2) is 14.7 Å². The summed E-state index contributed by atoms with van der Waals surface area (Å²) in [7, 11) is 0. The van der Waals surface area contributed by atoms with Crippen molar-refractivity contribution in [1.82, 2.24) is 10.4 Å². The topological polar surface area (TPSA) is 77.1 Å². The fraction of sp³-hybridized carbons (Fsp3) is 0.407. The van der Waals surface area contributed by atoms with E-state index in [4.69, 9.17) is 14.3 Å². The van der Waals surface area contributed by atoms with Crippen molar-refractivity contribution < 1.29 is 28.3 Å². The number of Topliss-reactive ketones (excluding diaryl/α,β-unsaturated/α-hetero) is 1. The first-order valence-electron chi connectivity index (χ1n) is 12.1. The van der Waals surface area contributed by atoms with Gasteiger partial charge in [-0.2, -0.15) is 0 Å². The molecule has 7 nitrogen and oxygen atoms in total. The first kappa shape index (κ1) is 23.7. The number of amides is 1. The van der Waals surface area contributed by atoms with E-state index in [0.29, 0.717) is 37.4 Å². The Morgan fingerprint density at radius 3 is 2.80 bits per heavy atom. The molecule has 1 N–H and O–H groups in total. The maximum Gasteiger partial charge on any atom is 0.267 e. The quantitative estimate of drug-likeness (QED) is 0.481. The number of halogens is 1. The summed E-state index contributed by atoms with van der Waals surface area (Å²) in [5.74, 6) is -0.000479. The molecule has 3 heterocycles. The van der Waals surface area contributed by atoms with Crippen LogP contribution in [-0.2, 0) is 20.8 Å². The van der Waals surface area contributed by atoms with Crippen molar-refractivity contribution in [3.8, 4) is 5.75 Å². The van der Waals surface area contributed by atoms with Crippen molar-refractivity contribution in [2.75, 3.05) is 26.2 Å². The molecule has 8 heteroatoms. The summed E-state index contributed by atoms with van der Waals surface area (Å²) >= 11 is 0. The van der Waals surface area contributed by atoms with Gasteiger partial charge in [0.05, 0.1) is 12.0 Å². The second kappa shape index (κ2) is 10.3. The minimum atomic E-state index is -0.483. The minimum absolute atomic E-state index is 0.0434. The van der Waals surface area contributed by atoms with Crippen LogP contribution in [0, 0.1) is 5.82 Å². The standard InChI is InChI=1S/C27H29FN2O5/c28-21-8-4-19(5-9-21)12-13-30-17-27(18-30)16-23(31)22-15-20(6-10-24(22)34-27)7-11-25(32)29-35-26-3-1-2-14-33-26/h4-11,15,26H,1-3,12-14,16-18H2,(H,29,32). The van der Waals surface area contributed by atoms with Crippen LogP contribution in [0.2, 0.25) is 0 Å². The number of carbonyl (C=O) groups is 2. The Kier molecular flexibility index (Phi) is 6.95. The smallest absolute Gasteiger partial charge is 0.267 e. The van der Waals surface area contributed by atoms with Gasteiger partial charge in [0.1, 0.15) is 17.2 Å². The molecule has 2 aromatic rings. The number of ketones is 1. The number of rotatable bonds is 7. The molecule has 0 aromatic heterocycles. The number of carbonyl (C=O) groups excluding carboxylic acids is 2. The van der Waals surface area contributed by atoms with E-state index < -0.39 is 17.8 Å². The highest BCUT2D eigenvalue weighted by Crippen LogP contribution is 2.39. The van der Waals surface area contributed by atoms with Crippen molar-refractivity contribution in [1.29, 1.82) is 0 Å². The van der Waals surface area contributed by atoms with Crippen LogP contribution >= 0.6 is 0 Å². The van der Waals surface area contributed by atoms with E-state index in [1.165, 1.54) is 18.2 Å². The second-order valence-electron chi connectivity index (χ2n) is 9.44. The van der Waals surface area contributed by atoms with Gasteiger partial charge in [0.25, 0.3) is 5.91 Å². The molecule has 2 saturated heterocycles. The van der Waals surface area contributed by atoms with Crippen molar-refractivity contribution in [2.45, 2.75) is 44.0 Å². The van der Waals surface area contributed by atoms with E-state index >= 15 is 0 Å². The monoisotopic (exact) mass is 480 g/mol. The number of hydrogen-bond acceptors (Lipinski definition) is 6. The number of nitrogens with one attached hydrogen (secondary N) is 1. The molecule has 5 rings (SSSR count). The first-order valence-corrected chi connectivity index (χ1v) is 12.1. The summed E-state index contributed by atoms with van der Waals surface area (Å²) in [4.78, 5) is 32.5. The van der Waals surface area contributed by atoms with Crippen LogP contribution in [-0.4, -0.2) is 54.7 Å². The summed E-state index contributed by atoms with van der Waals surface area (Å²) in [6.45, 7) is 2.84. The van der Waals surface area contributed by atoms with Crippen LogP contribution in [0.4, 0.5) is 4.39 Å². The second-order valence-corrected chi connectivity index (χ2v) is 9.44. The third-order valence-electron chi connectivity index (χ3n) is 6.62. The van der Waals surface area contributed by atoms with E-state index in [-0.39, 0.29) is 11.6 Å². The van der Waals surface area contributed by atoms with Crippen molar-refractivity contribution in [2.24, 2.45) is 0 Å². The van der Waals surface area contributed by atoms with Crippen molar-refractivity contribution in [3.05, 3.63) is 71.0 Å². The highest BCUT2D eigenvalue weighted by atomic mass is 19.1. The molecule has 0 radical (unpaired) electrons. The van der Waals surface area contributed by atoms with Crippen molar-refractivity contribution >= 4 is 17.8 Å². The maximum atomic E-state index is 13.1. The van der Waals surface area contributed by atoms with E-state index in [2.05, 4.69) is 10.4 Å². The summed E-state index contributed by atoms with van der Waals surface area (Å²) in [6, 6.07) is 11.9. The Morgan fingerprint density at radius 1 is 1.20 bits per heavy atom. The number of fused-ring (bicyclic) bond motifs is 1. The Bertz CT molecular complexity index is 1110. The van der Waals surface area contributed by atoms with Gasteiger partial charge in [-0.1, -0.05) is 18.2 Å². The van der Waals surface area contributed by atoms with Gasteiger partial charge in [0.15, 0.2) is 12.1 Å². The van der Waals surface area contributed by atoms with E-state index in [0.717, 1.165) is 43.4 Å². The Morgan fingerprint density at radius 2 is 2.03 bits per heavy atom. The summed E-state index contributed by atoms with van der Waals surface area (Å²) in [5, 5.41) is 0. The molecule has 3 aliphatic heterocycles. The molecule has 0 aliphatic carbocycles. The predicted octanol–water partition coefficient (Wildman–Crippen LogP) is 3.68. The summed E-state index contributed by atoms with van der Waals surface area (Å²) < 4.78 is 24.7. The highest BCUT2D eigenvalue weighted by Gasteiger charge is 2.49. The van der Waals surface area contributed by atoms with Crippen LogP contribution in [0.15, 0.2) is 48.5 Å². The van der Waals surface area contributed by atoms with Gasteiger partial charge >= 0.3 is 0 Å². The van der Waals surface area contributed by atoms with E-state index in [1.54, 1.807) is 30.3 Å². The SMILES string of the molecule is O=C(C=Cc1ccc2c(c1)C(=O)CC1(CN(CCc3ccc(F)cc3)C1)O2)NOC1CCCCO1. The molecule has 3 aliphatic rings. The number of likely N-dealkylation sites (tertiary alicyclic amines) is 1. The average Bonchev–Trinajstić information content (AvgIpc) is 2.85. The Labute approximate surface area is 203 Å². The molecular weight excluding hydrogens is 451 g/mol. The summed E-state index contributed by atoms with van der Waals surface area (Å²) in [5.41, 5.74) is 4.25. The van der Waals surface area contributed by atoms with Gasteiger partial charge in [-0.15, -0.1) is 0 Å². The zero-order chi connectivity index (χ0) is 24.3. The molecule has 1 unspecified atom stereocenters. The molecule has 0 bridgehead atoms. The fourth-order valence-corrected chi connectivity index (χ4v) is 4.79. The van der Waals surface area contributed by atoms with Gasteiger partial charge < -0.3 is 9.47 Å². The number of hydrogen-bond donors (Lipinski definition) is 1. The molecule has 1 spiro atoms. The van der Waals surface area contributed by atoms with Gasteiger partial charge in [-0.3, -0.25) is 14.5 Å². The molecule has 1 atom stereocenters. The maximum absolute atomic E-state index is 13.1. The number of benzene rings is 2. The molecule has 2 aromatic carbocycles.